The highest BCUT2D eigenvalue weighted by atomic mass is 35.5. The van der Waals surface area contributed by atoms with Crippen LogP contribution in [0, 0.1) is 5.92 Å². The number of nitrogens with two attached hydrogens (primary N) is 1. The number of rotatable bonds is 4. The van der Waals surface area contributed by atoms with Gasteiger partial charge in [0.05, 0.1) is 13.2 Å². The van der Waals surface area contributed by atoms with Crippen molar-refractivity contribution >= 4 is 34.8 Å². The third-order valence-electron chi connectivity index (χ3n) is 3.33. The van der Waals surface area contributed by atoms with E-state index in [1.54, 1.807) is 7.11 Å². The minimum Gasteiger partial charge on any atom is -0.496 e. The number of hydrogen-bond acceptors (Lipinski definition) is 3. The lowest BCUT2D eigenvalue weighted by atomic mass is 10.0. The van der Waals surface area contributed by atoms with Crippen molar-refractivity contribution in [3.05, 3.63) is 36.4 Å². The van der Waals surface area contributed by atoms with Gasteiger partial charge >= 0.3 is 0 Å². The van der Waals surface area contributed by atoms with Crippen molar-refractivity contribution in [3.63, 3.8) is 0 Å². The number of halogens is 1. The summed E-state index contributed by atoms with van der Waals surface area (Å²) in [5.74, 6) is 0.645. The maximum absolute atomic E-state index is 12.0. The van der Waals surface area contributed by atoms with Crippen LogP contribution in [-0.2, 0) is 4.79 Å². The molecule has 2 aromatic rings. The zero-order valence-corrected chi connectivity index (χ0v) is 13.2. The minimum atomic E-state index is -0.521. The molecule has 0 bridgehead atoms. The first-order valence-corrected chi connectivity index (χ1v) is 6.66. The molecule has 0 radical (unpaired) electrons. The summed E-state index contributed by atoms with van der Waals surface area (Å²) >= 11 is 0. The van der Waals surface area contributed by atoms with Crippen molar-refractivity contribution in [2.24, 2.45) is 11.7 Å². The molecular formula is C16H21ClN2O2. The van der Waals surface area contributed by atoms with Crippen molar-refractivity contribution < 1.29 is 9.53 Å². The highest BCUT2D eigenvalue weighted by molar-refractivity contribution is 5.99. The molecule has 0 aromatic heterocycles. The van der Waals surface area contributed by atoms with E-state index in [1.165, 1.54) is 0 Å². The number of methoxy groups -OCH3 is 1. The van der Waals surface area contributed by atoms with Crippen LogP contribution in [0.25, 0.3) is 10.8 Å². The van der Waals surface area contributed by atoms with Gasteiger partial charge in [0, 0.05) is 17.1 Å². The zero-order valence-electron chi connectivity index (χ0n) is 12.4. The normalized spacial score (nSPS) is 11.9. The van der Waals surface area contributed by atoms with Crippen molar-refractivity contribution in [2.45, 2.75) is 19.9 Å². The van der Waals surface area contributed by atoms with Crippen molar-refractivity contribution in [2.75, 3.05) is 12.4 Å². The summed E-state index contributed by atoms with van der Waals surface area (Å²) in [4.78, 5) is 12.0. The molecule has 21 heavy (non-hydrogen) atoms. The summed E-state index contributed by atoms with van der Waals surface area (Å²) in [5, 5.41) is 4.88. The lowest BCUT2D eigenvalue weighted by Crippen LogP contribution is -2.39. The molecule has 1 amide bonds. The maximum atomic E-state index is 12.0. The number of carbonyl (C=O) groups excluding carboxylic acids is 1. The molecule has 114 valence electrons. The number of carbonyl (C=O) groups is 1. The Labute approximate surface area is 131 Å². The molecule has 0 spiro atoms. The molecule has 0 fully saturated rings. The average molecular weight is 309 g/mol. The summed E-state index contributed by atoms with van der Waals surface area (Å²) in [5.41, 5.74) is 6.54. The molecule has 0 aliphatic heterocycles. The Morgan fingerprint density at radius 3 is 2.52 bits per heavy atom. The lowest BCUT2D eigenvalue weighted by molar-refractivity contribution is -0.118. The van der Waals surface area contributed by atoms with Gasteiger partial charge < -0.3 is 15.8 Å². The lowest BCUT2D eigenvalue weighted by Gasteiger charge is -2.16. The molecule has 5 heteroatoms. The van der Waals surface area contributed by atoms with Gasteiger partial charge in [-0.3, -0.25) is 4.79 Å². The van der Waals surface area contributed by atoms with E-state index >= 15 is 0 Å². The van der Waals surface area contributed by atoms with E-state index in [4.69, 9.17) is 10.5 Å². The Morgan fingerprint density at radius 1 is 1.24 bits per heavy atom. The number of ether oxygens (including phenoxy) is 1. The number of anilines is 1. The van der Waals surface area contributed by atoms with Gasteiger partial charge in [0.2, 0.25) is 5.91 Å². The van der Waals surface area contributed by atoms with E-state index in [2.05, 4.69) is 5.32 Å². The number of nitrogens with one attached hydrogen (secondary N) is 1. The molecule has 4 nitrogen and oxygen atoms in total. The first-order valence-electron chi connectivity index (χ1n) is 6.66. The van der Waals surface area contributed by atoms with Gasteiger partial charge in [-0.2, -0.15) is 0 Å². The van der Waals surface area contributed by atoms with Crippen LogP contribution in [-0.4, -0.2) is 19.1 Å². The standard InChI is InChI=1S/C16H20N2O2.ClH/c1-10(2)15(17)16(19)18-12-8-11-6-4-5-7-13(11)14(9-12)20-3;/h4-10,15H,17H2,1-3H3,(H,18,19);1H. The summed E-state index contributed by atoms with van der Waals surface area (Å²) in [6.07, 6.45) is 0. The third-order valence-corrected chi connectivity index (χ3v) is 3.33. The molecule has 0 saturated carbocycles. The molecule has 0 saturated heterocycles. The largest absolute Gasteiger partial charge is 0.496 e. The number of hydrogen-bond donors (Lipinski definition) is 2. The van der Waals surface area contributed by atoms with E-state index < -0.39 is 6.04 Å². The van der Waals surface area contributed by atoms with Crippen molar-refractivity contribution in [3.8, 4) is 5.75 Å². The Hall–Kier alpha value is -1.78. The molecule has 0 heterocycles. The fourth-order valence-corrected chi connectivity index (χ4v) is 2.04. The van der Waals surface area contributed by atoms with Gasteiger partial charge in [0.25, 0.3) is 0 Å². The van der Waals surface area contributed by atoms with Crippen molar-refractivity contribution in [1.29, 1.82) is 0 Å². The minimum absolute atomic E-state index is 0. The van der Waals surface area contributed by atoms with Crippen LogP contribution < -0.4 is 15.8 Å². The van der Waals surface area contributed by atoms with E-state index in [1.807, 2.05) is 50.2 Å². The fourth-order valence-electron chi connectivity index (χ4n) is 2.04. The maximum Gasteiger partial charge on any atom is 0.241 e. The molecule has 1 unspecified atom stereocenters. The molecule has 2 rings (SSSR count). The Balaban J connectivity index is 0.00000220. The summed E-state index contributed by atoms with van der Waals surface area (Å²) in [6, 6.07) is 11.1. The van der Waals surface area contributed by atoms with E-state index in [9.17, 15) is 4.79 Å². The summed E-state index contributed by atoms with van der Waals surface area (Å²) in [7, 11) is 1.62. The second-order valence-corrected chi connectivity index (χ2v) is 5.16. The highest BCUT2D eigenvalue weighted by Crippen LogP contribution is 2.29. The van der Waals surface area contributed by atoms with Gasteiger partial charge in [0.15, 0.2) is 0 Å². The second-order valence-electron chi connectivity index (χ2n) is 5.16. The van der Waals surface area contributed by atoms with Crippen LogP contribution in [0.5, 0.6) is 5.75 Å². The Kier molecular flexibility index (Phi) is 6.00. The Bertz CT molecular complexity index is 629. The zero-order chi connectivity index (χ0) is 14.7. The molecule has 3 N–H and O–H groups in total. The third kappa shape index (κ3) is 3.86. The molecule has 2 aromatic carbocycles. The molecule has 1 atom stereocenters. The van der Waals surface area contributed by atoms with Crippen LogP contribution >= 0.6 is 12.4 Å². The van der Waals surface area contributed by atoms with Crippen LogP contribution in [0.15, 0.2) is 36.4 Å². The van der Waals surface area contributed by atoms with Gasteiger partial charge in [-0.05, 0) is 17.4 Å². The van der Waals surface area contributed by atoms with Gasteiger partial charge in [-0.25, -0.2) is 0 Å². The summed E-state index contributed by atoms with van der Waals surface area (Å²) in [6.45, 7) is 3.84. The van der Waals surface area contributed by atoms with Crippen LogP contribution in [0.1, 0.15) is 13.8 Å². The van der Waals surface area contributed by atoms with E-state index in [0.717, 1.165) is 16.5 Å². The quantitative estimate of drug-likeness (QED) is 0.911. The number of amides is 1. The molecular weight excluding hydrogens is 288 g/mol. The van der Waals surface area contributed by atoms with Gasteiger partial charge in [-0.1, -0.05) is 38.1 Å². The highest BCUT2D eigenvalue weighted by Gasteiger charge is 2.17. The van der Waals surface area contributed by atoms with Gasteiger partial charge in [0.1, 0.15) is 5.75 Å². The topological polar surface area (TPSA) is 64.3 Å². The monoisotopic (exact) mass is 308 g/mol. The van der Waals surface area contributed by atoms with E-state index in [-0.39, 0.29) is 24.2 Å². The Morgan fingerprint density at radius 2 is 1.90 bits per heavy atom. The molecule has 0 aliphatic carbocycles. The second kappa shape index (κ2) is 7.29. The SMILES string of the molecule is COc1cc(NC(=O)C(N)C(C)C)cc2ccccc12.Cl. The predicted octanol–water partition coefficient (Wildman–Crippen LogP) is 3.19. The first-order chi connectivity index (χ1) is 9.52. The van der Waals surface area contributed by atoms with E-state index in [0.29, 0.717) is 5.69 Å². The van der Waals surface area contributed by atoms with Gasteiger partial charge in [-0.15, -0.1) is 12.4 Å². The number of fused-ring (bicyclic) bond motifs is 1. The van der Waals surface area contributed by atoms with Crippen LogP contribution in [0.3, 0.4) is 0 Å². The predicted molar refractivity (Wildman–Crippen MR) is 89.2 cm³/mol. The van der Waals surface area contributed by atoms with Crippen molar-refractivity contribution in [1.82, 2.24) is 0 Å². The van der Waals surface area contributed by atoms with Crippen LogP contribution in [0.2, 0.25) is 0 Å². The number of benzene rings is 2. The average Bonchev–Trinajstić information content (AvgIpc) is 2.45. The molecule has 0 aliphatic rings. The first kappa shape index (κ1) is 17.3. The smallest absolute Gasteiger partial charge is 0.241 e. The summed E-state index contributed by atoms with van der Waals surface area (Å²) < 4.78 is 5.38. The fraction of sp³-hybridized carbons (Fsp3) is 0.312. The van der Waals surface area contributed by atoms with Crippen LogP contribution in [0.4, 0.5) is 5.69 Å².